The van der Waals surface area contributed by atoms with Crippen LogP contribution in [-0.4, -0.2) is 39.6 Å². The lowest BCUT2D eigenvalue weighted by Crippen LogP contribution is -2.23. The van der Waals surface area contributed by atoms with Crippen LogP contribution < -0.4 is 10.1 Å². The van der Waals surface area contributed by atoms with E-state index in [2.05, 4.69) is 44.5 Å². The van der Waals surface area contributed by atoms with E-state index in [9.17, 15) is 0 Å². The van der Waals surface area contributed by atoms with Gasteiger partial charge in [0.1, 0.15) is 17.4 Å². The van der Waals surface area contributed by atoms with Crippen molar-refractivity contribution in [2.75, 3.05) is 19.0 Å². The topological polar surface area (TPSA) is 72.4 Å². The zero-order valence-electron chi connectivity index (χ0n) is 19.0. The van der Waals surface area contributed by atoms with Gasteiger partial charge in [0.2, 0.25) is 0 Å². The van der Waals surface area contributed by atoms with E-state index in [0.717, 1.165) is 48.8 Å². The average Bonchev–Trinajstić information content (AvgIpc) is 3.24. The minimum absolute atomic E-state index is 0.133. The fourth-order valence-electron chi connectivity index (χ4n) is 4.15. The molecule has 0 amide bonds. The zero-order chi connectivity index (χ0) is 22.3. The second kappa shape index (κ2) is 10.5. The maximum atomic E-state index is 5.96. The van der Waals surface area contributed by atoms with Gasteiger partial charge in [0, 0.05) is 31.6 Å². The first-order valence-corrected chi connectivity index (χ1v) is 11.1. The summed E-state index contributed by atoms with van der Waals surface area (Å²) in [5, 5.41) is 3.24. The van der Waals surface area contributed by atoms with E-state index in [4.69, 9.17) is 14.5 Å². The standard InChI is InChI=1S/C25H31N5O2/c1-18(2)32-23-10-9-19(14-20(23)17-31-3)16-30-13-5-7-22(30)21-6-4-8-24(28-21)29-25-15-26-11-12-27-25/h4,6,8-12,14-15,18,22H,5,7,13,16-17H2,1-3H3,(H,27,28,29). The molecule has 0 aliphatic carbocycles. The van der Waals surface area contributed by atoms with E-state index in [1.54, 1.807) is 25.7 Å². The molecule has 0 saturated carbocycles. The predicted molar refractivity (Wildman–Crippen MR) is 125 cm³/mol. The molecule has 1 aliphatic heterocycles. The number of hydrogen-bond acceptors (Lipinski definition) is 7. The number of aromatic nitrogens is 3. The van der Waals surface area contributed by atoms with Crippen LogP contribution in [0.3, 0.4) is 0 Å². The fraction of sp³-hybridized carbons (Fsp3) is 0.400. The number of rotatable bonds is 9. The van der Waals surface area contributed by atoms with E-state index in [1.807, 2.05) is 26.0 Å². The second-order valence-electron chi connectivity index (χ2n) is 8.33. The Morgan fingerprint density at radius 3 is 2.84 bits per heavy atom. The molecule has 1 saturated heterocycles. The molecule has 1 atom stereocenters. The Kier molecular flexibility index (Phi) is 7.29. The highest BCUT2D eigenvalue weighted by molar-refractivity contribution is 5.50. The van der Waals surface area contributed by atoms with E-state index in [-0.39, 0.29) is 12.1 Å². The van der Waals surface area contributed by atoms with Gasteiger partial charge in [-0.1, -0.05) is 12.1 Å². The summed E-state index contributed by atoms with van der Waals surface area (Å²) in [6.45, 7) is 6.54. The van der Waals surface area contributed by atoms with Crippen LogP contribution in [0.4, 0.5) is 11.6 Å². The molecule has 2 aromatic heterocycles. The van der Waals surface area contributed by atoms with Gasteiger partial charge in [0.15, 0.2) is 0 Å². The first kappa shape index (κ1) is 22.2. The van der Waals surface area contributed by atoms with Crippen molar-refractivity contribution < 1.29 is 9.47 Å². The van der Waals surface area contributed by atoms with Crippen LogP contribution in [0.15, 0.2) is 55.0 Å². The fourth-order valence-corrected chi connectivity index (χ4v) is 4.15. The summed E-state index contributed by atoms with van der Waals surface area (Å²) in [6, 6.07) is 12.8. The molecule has 0 bridgehead atoms. The number of pyridine rings is 1. The summed E-state index contributed by atoms with van der Waals surface area (Å²) in [7, 11) is 1.72. The molecule has 168 valence electrons. The SMILES string of the molecule is COCc1cc(CN2CCCC2c2cccc(Nc3cnccn3)n2)ccc1OC(C)C. The van der Waals surface area contributed by atoms with Crippen LogP contribution in [0.2, 0.25) is 0 Å². The third kappa shape index (κ3) is 5.60. The quantitative estimate of drug-likeness (QED) is 0.515. The van der Waals surface area contributed by atoms with Gasteiger partial charge in [0.05, 0.1) is 30.6 Å². The van der Waals surface area contributed by atoms with Crippen LogP contribution in [0.25, 0.3) is 0 Å². The van der Waals surface area contributed by atoms with Gasteiger partial charge in [0.25, 0.3) is 0 Å². The summed E-state index contributed by atoms with van der Waals surface area (Å²) in [4.78, 5) is 15.8. The van der Waals surface area contributed by atoms with Gasteiger partial charge in [-0.3, -0.25) is 9.88 Å². The monoisotopic (exact) mass is 433 g/mol. The smallest absolute Gasteiger partial charge is 0.150 e. The predicted octanol–water partition coefficient (Wildman–Crippen LogP) is 4.89. The normalized spacial score (nSPS) is 16.4. The summed E-state index contributed by atoms with van der Waals surface area (Å²) >= 11 is 0. The summed E-state index contributed by atoms with van der Waals surface area (Å²) in [6.07, 6.45) is 7.41. The minimum Gasteiger partial charge on any atom is -0.491 e. The highest BCUT2D eigenvalue weighted by atomic mass is 16.5. The van der Waals surface area contributed by atoms with Crippen LogP contribution in [0.5, 0.6) is 5.75 Å². The molecule has 1 aliphatic rings. The highest BCUT2D eigenvalue weighted by Gasteiger charge is 2.27. The third-order valence-corrected chi connectivity index (χ3v) is 5.47. The van der Waals surface area contributed by atoms with Crippen LogP contribution in [-0.2, 0) is 17.9 Å². The van der Waals surface area contributed by atoms with E-state index >= 15 is 0 Å². The van der Waals surface area contributed by atoms with Crippen molar-refractivity contribution in [3.63, 3.8) is 0 Å². The summed E-state index contributed by atoms with van der Waals surface area (Å²) in [5.74, 6) is 2.37. The van der Waals surface area contributed by atoms with Gasteiger partial charge in [-0.2, -0.15) is 0 Å². The highest BCUT2D eigenvalue weighted by Crippen LogP contribution is 2.33. The maximum Gasteiger partial charge on any atom is 0.150 e. The molecule has 3 aromatic rings. The summed E-state index contributed by atoms with van der Waals surface area (Å²) < 4.78 is 11.4. The Morgan fingerprint density at radius 1 is 1.16 bits per heavy atom. The van der Waals surface area contributed by atoms with Gasteiger partial charge in [-0.05, 0) is 63.1 Å². The van der Waals surface area contributed by atoms with Gasteiger partial charge in [-0.15, -0.1) is 0 Å². The van der Waals surface area contributed by atoms with Crippen molar-refractivity contribution >= 4 is 11.6 Å². The largest absolute Gasteiger partial charge is 0.491 e. The Balaban J connectivity index is 1.49. The number of anilines is 2. The van der Waals surface area contributed by atoms with Gasteiger partial charge < -0.3 is 14.8 Å². The van der Waals surface area contributed by atoms with Crippen molar-refractivity contribution in [1.29, 1.82) is 0 Å². The minimum atomic E-state index is 0.133. The lowest BCUT2D eigenvalue weighted by Gasteiger charge is -2.25. The van der Waals surface area contributed by atoms with Crippen molar-refractivity contribution in [3.8, 4) is 5.75 Å². The Labute approximate surface area is 189 Å². The lowest BCUT2D eigenvalue weighted by molar-refractivity contribution is 0.174. The van der Waals surface area contributed by atoms with Crippen molar-refractivity contribution in [1.82, 2.24) is 19.9 Å². The van der Waals surface area contributed by atoms with Crippen LogP contribution in [0.1, 0.15) is 49.6 Å². The van der Waals surface area contributed by atoms with E-state index in [0.29, 0.717) is 12.4 Å². The van der Waals surface area contributed by atoms with Crippen LogP contribution in [0, 0.1) is 0 Å². The number of ether oxygens (including phenoxy) is 2. The van der Waals surface area contributed by atoms with Crippen molar-refractivity contribution in [2.24, 2.45) is 0 Å². The maximum absolute atomic E-state index is 5.96. The molecule has 32 heavy (non-hydrogen) atoms. The number of benzene rings is 1. The Hall–Kier alpha value is -3.03. The van der Waals surface area contributed by atoms with Crippen LogP contribution >= 0.6 is 0 Å². The number of nitrogens with zero attached hydrogens (tertiary/aromatic N) is 4. The van der Waals surface area contributed by atoms with Crippen molar-refractivity contribution in [2.45, 2.75) is 52.0 Å². The average molecular weight is 434 g/mol. The zero-order valence-corrected chi connectivity index (χ0v) is 19.0. The Morgan fingerprint density at radius 2 is 2.06 bits per heavy atom. The molecule has 7 nitrogen and oxygen atoms in total. The second-order valence-corrected chi connectivity index (χ2v) is 8.33. The third-order valence-electron chi connectivity index (χ3n) is 5.47. The molecule has 1 aromatic carbocycles. The molecule has 3 heterocycles. The number of nitrogens with one attached hydrogen (secondary N) is 1. The molecule has 4 rings (SSSR count). The summed E-state index contributed by atoms with van der Waals surface area (Å²) in [5.41, 5.74) is 3.42. The molecule has 7 heteroatoms. The first-order chi connectivity index (χ1) is 15.6. The number of hydrogen-bond donors (Lipinski definition) is 1. The molecule has 1 unspecified atom stereocenters. The molecule has 0 radical (unpaired) electrons. The van der Waals surface area contributed by atoms with E-state index in [1.165, 1.54) is 5.56 Å². The first-order valence-electron chi connectivity index (χ1n) is 11.1. The van der Waals surface area contributed by atoms with Gasteiger partial charge >= 0.3 is 0 Å². The molecule has 0 spiro atoms. The molecule has 1 N–H and O–H groups in total. The van der Waals surface area contributed by atoms with Gasteiger partial charge in [-0.25, -0.2) is 9.97 Å². The van der Waals surface area contributed by atoms with Crippen molar-refractivity contribution in [3.05, 3.63) is 71.8 Å². The molecule has 1 fully saturated rings. The Bertz CT molecular complexity index is 1010. The number of methoxy groups -OCH3 is 1. The van der Waals surface area contributed by atoms with E-state index < -0.39 is 0 Å². The molecular formula is C25H31N5O2. The lowest BCUT2D eigenvalue weighted by atomic mass is 10.1. The molecular weight excluding hydrogens is 402 g/mol. The number of likely N-dealkylation sites (tertiary alicyclic amines) is 1.